The number of amides is 2. The van der Waals surface area contributed by atoms with Crippen LogP contribution in [0.15, 0.2) is 78.5 Å². The number of benzene rings is 3. The Labute approximate surface area is 184 Å². The minimum Gasteiger partial charge on any atom is -0.336 e. The summed E-state index contributed by atoms with van der Waals surface area (Å²) in [6.07, 6.45) is 1.76. The maximum atomic E-state index is 13.7. The molecular weight excluding hydrogens is 415 g/mol. The van der Waals surface area contributed by atoms with Crippen LogP contribution in [0.1, 0.15) is 17.5 Å². The lowest BCUT2D eigenvalue weighted by molar-refractivity contribution is -0.120. The van der Waals surface area contributed by atoms with Gasteiger partial charge in [0.15, 0.2) is 0 Å². The molecule has 2 aliphatic rings. The van der Waals surface area contributed by atoms with Crippen molar-refractivity contribution in [1.82, 2.24) is 0 Å². The highest BCUT2D eigenvalue weighted by atomic mass is 35.5. The molecule has 0 spiro atoms. The first-order valence-corrected chi connectivity index (χ1v) is 10.4. The lowest BCUT2D eigenvalue weighted by Gasteiger charge is -2.32. The summed E-state index contributed by atoms with van der Waals surface area (Å²) in [4.78, 5) is 30.3. The number of rotatable bonds is 3. The largest absolute Gasteiger partial charge is 0.336 e. The third kappa shape index (κ3) is 3.22. The van der Waals surface area contributed by atoms with Gasteiger partial charge in [-0.15, -0.1) is 0 Å². The molecule has 5 rings (SSSR count). The Kier molecular flexibility index (Phi) is 4.83. The minimum absolute atomic E-state index is 0.252. The normalized spacial score (nSPS) is 16.2. The van der Waals surface area contributed by atoms with Crippen molar-refractivity contribution in [3.63, 3.8) is 0 Å². The van der Waals surface area contributed by atoms with Crippen LogP contribution < -0.4 is 9.80 Å². The number of nitrogens with zero attached hydrogens (tertiary/aromatic N) is 2. The molecule has 0 saturated carbocycles. The number of anilines is 2. The standard InChI is InChI=1S/C25H18ClFN2O2/c26-19-8-2-4-10-21(19)29-24(30)22(17-11-13-18(27)14-12-17)23(25(29)31)28-15-5-7-16-6-1-3-9-20(16)28/h1-4,6,8-14H,5,7,15H2. The Bertz CT molecular complexity index is 1240. The second kappa shape index (κ2) is 7.67. The number of fused-ring (bicyclic) bond motifs is 1. The van der Waals surface area contributed by atoms with Gasteiger partial charge < -0.3 is 4.90 Å². The molecule has 154 valence electrons. The van der Waals surface area contributed by atoms with Gasteiger partial charge in [0.25, 0.3) is 11.8 Å². The molecule has 0 bridgehead atoms. The fourth-order valence-electron chi connectivity index (χ4n) is 4.26. The molecule has 0 aliphatic carbocycles. The Morgan fingerprint density at radius 3 is 2.23 bits per heavy atom. The topological polar surface area (TPSA) is 40.6 Å². The van der Waals surface area contributed by atoms with E-state index < -0.39 is 17.6 Å². The third-order valence-electron chi connectivity index (χ3n) is 5.67. The SMILES string of the molecule is O=C1C(c2ccc(F)cc2)=C(N2CCCc3ccccc32)C(=O)N1c1ccccc1Cl. The summed E-state index contributed by atoms with van der Waals surface area (Å²) in [6.45, 7) is 0.604. The highest BCUT2D eigenvalue weighted by Crippen LogP contribution is 2.40. The molecule has 0 saturated heterocycles. The van der Waals surface area contributed by atoms with Gasteiger partial charge in [0, 0.05) is 12.2 Å². The molecule has 4 nitrogen and oxygen atoms in total. The number of carbonyl (C=O) groups excluding carboxylic acids is 2. The van der Waals surface area contributed by atoms with E-state index >= 15 is 0 Å². The molecule has 2 aliphatic heterocycles. The maximum Gasteiger partial charge on any atom is 0.282 e. The van der Waals surface area contributed by atoms with E-state index in [1.54, 1.807) is 24.3 Å². The second-order valence-electron chi connectivity index (χ2n) is 7.51. The maximum absolute atomic E-state index is 13.7. The van der Waals surface area contributed by atoms with Gasteiger partial charge in [-0.25, -0.2) is 9.29 Å². The van der Waals surface area contributed by atoms with Crippen LogP contribution in [0.4, 0.5) is 15.8 Å². The summed E-state index contributed by atoms with van der Waals surface area (Å²) < 4.78 is 13.6. The lowest BCUT2D eigenvalue weighted by atomic mass is 9.98. The summed E-state index contributed by atoms with van der Waals surface area (Å²) in [6, 6.07) is 20.3. The summed E-state index contributed by atoms with van der Waals surface area (Å²) in [5.41, 5.74) is 3.40. The van der Waals surface area contributed by atoms with Gasteiger partial charge in [-0.3, -0.25) is 9.59 Å². The van der Waals surface area contributed by atoms with Crippen molar-refractivity contribution in [2.75, 3.05) is 16.3 Å². The van der Waals surface area contributed by atoms with Crippen molar-refractivity contribution in [3.8, 4) is 0 Å². The average Bonchev–Trinajstić information content (AvgIpc) is 3.04. The van der Waals surface area contributed by atoms with Gasteiger partial charge in [0.2, 0.25) is 0 Å². The van der Waals surface area contributed by atoms with E-state index in [1.165, 1.54) is 24.3 Å². The van der Waals surface area contributed by atoms with Gasteiger partial charge in [-0.05, 0) is 54.3 Å². The molecule has 3 aromatic rings. The number of halogens is 2. The summed E-state index contributed by atoms with van der Waals surface area (Å²) in [5.74, 6) is -1.31. The average molecular weight is 433 g/mol. The van der Waals surface area contributed by atoms with Crippen molar-refractivity contribution < 1.29 is 14.0 Å². The van der Waals surface area contributed by atoms with Crippen LogP contribution in [0.5, 0.6) is 0 Å². The van der Waals surface area contributed by atoms with Crippen LogP contribution in [0, 0.1) is 5.82 Å². The van der Waals surface area contributed by atoms with Crippen molar-refractivity contribution in [3.05, 3.63) is 100 Å². The first kappa shape index (κ1) is 19.5. The molecule has 31 heavy (non-hydrogen) atoms. The van der Waals surface area contributed by atoms with Crippen molar-refractivity contribution in [2.45, 2.75) is 12.8 Å². The Morgan fingerprint density at radius 2 is 1.48 bits per heavy atom. The fourth-order valence-corrected chi connectivity index (χ4v) is 4.48. The van der Waals surface area contributed by atoms with E-state index in [-0.39, 0.29) is 5.57 Å². The number of aryl methyl sites for hydroxylation is 1. The Morgan fingerprint density at radius 1 is 0.806 bits per heavy atom. The first-order chi connectivity index (χ1) is 15.1. The Balaban J connectivity index is 1.72. The molecule has 0 aromatic heterocycles. The molecule has 0 radical (unpaired) electrons. The molecular formula is C25H18ClFN2O2. The van der Waals surface area contributed by atoms with Crippen LogP contribution >= 0.6 is 11.6 Å². The zero-order valence-corrected chi connectivity index (χ0v) is 17.3. The van der Waals surface area contributed by atoms with Crippen molar-refractivity contribution >= 4 is 40.4 Å². The van der Waals surface area contributed by atoms with Crippen molar-refractivity contribution in [2.24, 2.45) is 0 Å². The molecule has 0 fully saturated rings. The number of para-hydroxylation sites is 2. The minimum atomic E-state index is -0.470. The zero-order chi connectivity index (χ0) is 21.5. The van der Waals surface area contributed by atoms with Crippen molar-refractivity contribution in [1.29, 1.82) is 0 Å². The molecule has 0 atom stereocenters. The van der Waals surface area contributed by atoms with Gasteiger partial charge in [-0.1, -0.05) is 54.1 Å². The predicted octanol–water partition coefficient (Wildman–Crippen LogP) is 5.22. The number of hydrogen-bond acceptors (Lipinski definition) is 3. The van der Waals surface area contributed by atoms with Crippen LogP contribution in [0.25, 0.3) is 5.57 Å². The van der Waals surface area contributed by atoms with Crippen LogP contribution in [0.3, 0.4) is 0 Å². The summed E-state index contributed by atoms with van der Waals surface area (Å²) in [5, 5.41) is 0.308. The smallest absolute Gasteiger partial charge is 0.282 e. The molecule has 0 unspecified atom stereocenters. The van der Waals surface area contributed by atoms with Gasteiger partial charge in [0.1, 0.15) is 11.5 Å². The highest BCUT2D eigenvalue weighted by molar-refractivity contribution is 6.48. The highest BCUT2D eigenvalue weighted by Gasteiger charge is 2.44. The fraction of sp³-hybridized carbons (Fsp3) is 0.120. The molecule has 2 amide bonds. The van der Waals surface area contributed by atoms with Crippen LogP contribution in [-0.2, 0) is 16.0 Å². The van der Waals surface area contributed by atoms with Gasteiger partial charge in [0.05, 0.1) is 16.3 Å². The molecule has 0 N–H and O–H groups in total. The number of hydrogen-bond donors (Lipinski definition) is 0. The molecule has 2 heterocycles. The third-order valence-corrected chi connectivity index (χ3v) is 5.99. The first-order valence-electron chi connectivity index (χ1n) is 10.1. The Hall–Kier alpha value is -3.44. The zero-order valence-electron chi connectivity index (χ0n) is 16.5. The van der Waals surface area contributed by atoms with Crippen LogP contribution in [0.2, 0.25) is 5.02 Å². The van der Waals surface area contributed by atoms with E-state index in [4.69, 9.17) is 11.6 Å². The van der Waals surface area contributed by atoms with Gasteiger partial charge in [-0.2, -0.15) is 0 Å². The quantitative estimate of drug-likeness (QED) is 0.533. The molecule has 6 heteroatoms. The lowest BCUT2D eigenvalue weighted by Crippen LogP contribution is -2.37. The van der Waals surface area contributed by atoms with E-state index in [0.717, 1.165) is 29.0 Å². The van der Waals surface area contributed by atoms with E-state index in [9.17, 15) is 14.0 Å². The number of carbonyl (C=O) groups is 2. The van der Waals surface area contributed by atoms with Crippen LogP contribution in [-0.4, -0.2) is 18.4 Å². The monoisotopic (exact) mass is 432 g/mol. The van der Waals surface area contributed by atoms with E-state index in [0.29, 0.717) is 28.5 Å². The predicted molar refractivity (Wildman–Crippen MR) is 119 cm³/mol. The second-order valence-corrected chi connectivity index (χ2v) is 7.92. The summed E-state index contributed by atoms with van der Waals surface area (Å²) >= 11 is 6.34. The van der Waals surface area contributed by atoms with E-state index in [1.807, 2.05) is 29.2 Å². The molecule has 3 aromatic carbocycles. The summed E-state index contributed by atoms with van der Waals surface area (Å²) in [7, 11) is 0. The van der Waals surface area contributed by atoms with Gasteiger partial charge >= 0.3 is 0 Å². The number of imide groups is 1. The van der Waals surface area contributed by atoms with E-state index in [2.05, 4.69) is 0 Å².